The van der Waals surface area contributed by atoms with Crippen LogP contribution in [0.1, 0.15) is 43.0 Å². The van der Waals surface area contributed by atoms with Crippen molar-refractivity contribution in [1.82, 2.24) is 5.32 Å². The van der Waals surface area contributed by atoms with Crippen LogP contribution in [-0.4, -0.2) is 19.2 Å². The molecule has 18 heavy (non-hydrogen) atoms. The van der Waals surface area contributed by atoms with E-state index in [-0.39, 0.29) is 5.54 Å². The smallest absolute Gasteiger partial charge is 0.124 e. The normalized spacial score (nSPS) is 11.7. The molecule has 1 aromatic rings. The molecule has 0 aliphatic rings. The Bertz CT molecular complexity index is 416. The largest absolute Gasteiger partial charge is 0.496 e. The van der Waals surface area contributed by atoms with E-state index in [1.807, 2.05) is 0 Å². The van der Waals surface area contributed by atoms with Crippen molar-refractivity contribution in [2.24, 2.45) is 0 Å². The highest BCUT2D eigenvalue weighted by Gasteiger charge is 2.12. The van der Waals surface area contributed by atoms with Crippen molar-refractivity contribution >= 4 is 0 Å². The zero-order valence-electron chi connectivity index (χ0n) is 12.9. The number of aryl methyl sites for hydroxylation is 1. The van der Waals surface area contributed by atoms with E-state index in [2.05, 4.69) is 52.9 Å². The van der Waals surface area contributed by atoms with Crippen LogP contribution in [0.15, 0.2) is 6.07 Å². The van der Waals surface area contributed by atoms with Crippen molar-refractivity contribution in [3.63, 3.8) is 0 Å². The maximum Gasteiger partial charge on any atom is 0.124 e. The highest BCUT2D eigenvalue weighted by molar-refractivity contribution is 5.49. The number of nitrogens with one attached hydrogen (secondary N) is 1. The molecular formula is C16H27NO. The molecule has 1 rings (SSSR count). The van der Waals surface area contributed by atoms with Crippen LogP contribution in [0.3, 0.4) is 0 Å². The van der Waals surface area contributed by atoms with Gasteiger partial charge in [0.15, 0.2) is 0 Å². The summed E-state index contributed by atoms with van der Waals surface area (Å²) < 4.78 is 5.45. The van der Waals surface area contributed by atoms with Gasteiger partial charge < -0.3 is 10.1 Å². The first-order valence-electron chi connectivity index (χ1n) is 6.65. The Kier molecular flexibility index (Phi) is 4.80. The molecule has 0 heterocycles. The molecule has 2 heteroatoms. The summed E-state index contributed by atoms with van der Waals surface area (Å²) in [5.74, 6) is 1.03. The van der Waals surface area contributed by atoms with Crippen LogP contribution in [0.5, 0.6) is 5.75 Å². The lowest BCUT2D eigenvalue weighted by Crippen LogP contribution is -2.37. The van der Waals surface area contributed by atoms with E-state index >= 15 is 0 Å². The van der Waals surface area contributed by atoms with Gasteiger partial charge in [-0.05, 0) is 76.8 Å². The summed E-state index contributed by atoms with van der Waals surface area (Å²) in [4.78, 5) is 0. The second-order valence-electron chi connectivity index (χ2n) is 6.06. The number of rotatable bonds is 4. The average Bonchev–Trinajstić information content (AvgIpc) is 2.24. The van der Waals surface area contributed by atoms with Gasteiger partial charge in [0.05, 0.1) is 7.11 Å². The van der Waals surface area contributed by atoms with Gasteiger partial charge in [0.2, 0.25) is 0 Å². The van der Waals surface area contributed by atoms with Crippen molar-refractivity contribution in [1.29, 1.82) is 0 Å². The third kappa shape index (κ3) is 3.74. The lowest BCUT2D eigenvalue weighted by atomic mass is 9.96. The van der Waals surface area contributed by atoms with Crippen LogP contribution in [0.25, 0.3) is 0 Å². The molecule has 0 atom stereocenters. The van der Waals surface area contributed by atoms with Crippen molar-refractivity contribution in [3.05, 3.63) is 28.3 Å². The third-order valence-electron chi connectivity index (χ3n) is 3.39. The first-order valence-corrected chi connectivity index (χ1v) is 6.65. The maximum absolute atomic E-state index is 5.45. The number of methoxy groups -OCH3 is 1. The summed E-state index contributed by atoms with van der Waals surface area (Å²) in [7, 11) is 1.75. The lowest BCUT2D eigenvalue weighted by molar-refractivity contribution is 0.407. The van der Waals surface area contributed by atoms with E-state index in [1.165, 1.54) is 22.3 Å². The van der Waals surface area contributed by atoms with Crippen LogP contribution in [0, 0.1) is 20.8 Å². The molecule has 1 N–H and O–H groups in total. The van der Waals surface area contributed by atoms with Crippen LogP contribution in [0.2, 0.25) is 0 Å². The Morgan fingerprint density at radius 2 is 1.72 bits per heavy atom. The first kappa shape index (κ1) is 15.0. The lowest BCUT2D eigenvalue weighted by Gasteiger charge is -2.21. The first-order chi connectivity index (χ1) is 8.26. The molecule has 0 aliphatic carbocycles. The number of hydrogen-bond acceptors (Lipinski definition) is 2. The summed E-state index contributed by atoms with van der Waals surface area (Å²) >= 11 is 0. The van der Waals surface area contributed by atoms with Gasteiger partial charge in [-0.25, -0.2) is 0 Å². The Morgan fingerprint density at radius 3 is 2.22 bits per heavy atom. The van der Waals surface area contributed by atoms with Gasteiger partial charge in [-0.1, -0.05) is 6.07 Å². The van der Waals surface area contributed by atoms with E-state index in [0.29, 0.717) is 0 Å². The molecule has 1 aromatic carbocycles. The van der Waals surface area contributed by atoms with Crippen molar-refractivity contribution in [3.8, 4) is 5.75 Å². The number of hydrogen-bond donors (Lipinski definition) is 1. The predicted molar refractivity (Wildman–Crippen MR) is 78.7 cm³/mol. The van der Waals surface area contributed by atoms with Gasteiger partial charge in [-0.15, -0.1) is 0 Å². The van der Waals surface area contributed by atoms with Crippen LogP contribution in [-0.2, 0) is 6.42 Å². The van der Waals surface area contributed by atoms with Gasteiger partial charge in [0.1, 0.15) is 5.75 Å². The molecule has 0 fully saturated rings. The molecule has 0 radical (unpaired) electrons. The highest BCUT2D eigenvalue weighted by Crippen LogP contribution is 2.28. The van der Waals surface area contributed by atoms with Gasteiger partial charge in [-0.3, -0.25) is 0 Å². The van der Waals surface area contributed by atoms with Crippen LogP contribution < -0.4 is 10.1 Å². The number of ether oxygens (including phenoxy) is 1. The van der Waals surface area contributed by atoms with Crippen molar-refractivity contribution in [2.75, 3.05) is 13.7 Å². The van der Waals surface area contributed by atoms with Crippen LogP contribution >= 0.6 is 0 Å². The SMILES string of the molecule is COc1c(C)cc(CCNC(C)(C)C)c(C)c1C. The summed E-state index contributed by atoms with van der Waals surface area (Å²) in [5.41, 5.74) is 5.45. The van der Waals surface area contributed by atoms with Gasteiger partial charge in [-0.2, -0.15) is 0 Å². The van der Waals surface area contributed by atoms with Crippen molar-refractivity contribution in [2.45, 2.75) is 53.5 Å². The van der Waals surface area contributed by atoms with Gasteiger partial charge in [0.25, 0.3) is 0 Å². The minimum absolute atomic E-state index is 0.185. The summed E-state index contributed by atoms with van der Waals surface area (Å²) in [6, 6.07) is 2.26. The standard InChI is InChI=1S/C16H27NO/c1-11-10-14(8-9-17-16(4,5)6)12(2)13(3)15(11)18-7/h10,17H,8-9H2,1-7H3. The predicted octanol–water partition coefficient (Wildman–Crippen LogP) is 3.55. The Hall–Kier alpha value is -1.02. The van der Waals surface area contributed by atoms with Gasteiger partial charge in [0, 0.05) is 5.54 Å². The average molecular weight is 249 g/mol. The fourth-order valence-electron chi connectivity index (χ4n) is 2.29. The molecule has 102 valence electrons. The zero-order valence-corrected chi connectivity index (χ0v) is 12.9. The molecule has 2 nitrogen and oxygen atoms in total. The topological polar surface area (TPSA) is 21.3 Å². The molecule has 0 aromatic heterocycles. The molecule has 0 aliphatic heterocycles. The second kappa shape index (κ2) is 5.75. The monoisotopic (exact) mass is 249 g/mol. The minimum atomic E-state index is 0.185. The maximum atomic E-state index is 5.45. The van der Waals surface area contributed by atoms with E-state index in [4.69, 9.17) is 4.74 Å². The van der Waals surface area contributed by atoms with E-state index in [0.717, 1.165) is 18.7 Å². The Morgan fingerprint density at radius 1 is 1.11 bits per heavy atom. The molecule has 0 saturated heterocycles. The Labute approximate surface area is 112 Å². The Balaban J connectivity index is 2.85. The van der Waals surface area contributed by atoms with E-state index in [1.54, 1.807) is 7.11 Å². The minimum Gasteiger partial charge on any atom is -0.496 e. The fourth-order valence-corrected chi connectivity index (χ4v) is 2.29. The third-order valence-corrected chi connectivity index (χ3v) is 3.39. The molecule has 0 amide bonds. The van der Waals surface area contributed by atoms with Gasteiger partial charge >= 0.3 is 0 Å². The van der Waals surface area contributed by atoms with E-state index < -0.39 is 0 Å². The summed E-state index contributed by atoms with van der Waals surface area (Å²) in [6.07, 6.45) is 1.06. The summed E-state index contributed by atoms with van der Waals surface area (Å²) in [5, 5.41) is 3.53. The highest BCUT2D eigenvalue weighted by atomic mass is 16.5. The van der Waals surface area contributed by atoms with E-state index in [9.17, 15) is 0 Å². The number of benzene rings is 1. The second-order valence-corrected chi connectivity index (χ2v) is 6.06. The van der Waals surface area contributed by atoms with Crippen LogP contribution in [0.4, 0.5) is 0 Å². The quantitative estimate of drug-likeness (QED) is 0.881. The molecular weight excluding hydrogens is 222 g/mol. The molecule has 0 saturated carbocycles. The molecule has 0 bridgehead atoms. The van der Waals surface area contributed by atoms with Crippen molar-refractivity contribution < 1.29 is 4.74 Å². The molecule has 0 unspecified atom stereocenters. The zero-order chi connectivity index (χ0) is 13.9. The fraction of sp³-hybridized carbons (Fsp3) is 0.625. The summed E-state index contributed by atoms with van der Waals surface area (Å²) in [6.45, 7) is 14.0. The molecule has 0 spiro atoms.